The Labute approximate surface area is 194 Å². The standard InChI is InChI=1S/C25H21N7S/c1-14-7-8-22(33-14)17-5-4-6-19-23(17)29-25(28-19)24-18-10-20(27-13-21(18)30-31-24)15-9-16(32(2)3)12-26-11-15/h4-13H,1-3H3,(H,28,29)(H,30,31). The van der Waals surface area contributed by atoms with E-state index in [-0.39, 0.29) is 0 Å². The summed E-state index contributed by atoms with van der Waals surface area (Å²) in [6, 6.07) is 14.6. The topological polar surface area (TPSA) is 86.4 Å². The minimum absolute atomic E-state index is 0.731. The molecule has 6 rings (SSSR count). The molecule has 162 valence electrons. The van der Waals surface area contributed by atoms with Crippen molar-refractivity contribution in [3.05, 3.63) is 65.9 Å². The van der Waals surface area contributed by atoms with Gasteiger partial charge in [-0.3, -0.25) is 15.1 Å². The van der Waals surface area contributed by atoms with Crippen LogP contribution in [0.4, 0.5) is 5.69 Å². The molecule has 2 N–H and O–H groups in total. The Balaban J connectivity index is 1.48. The summed E-state index contributed by atoms with van der Waals surface area (Å²) < 4.78 is 0. The van der Waals surface area contributed by atoms with Crippen molar-refractivity contribution in [3.63, 3.8) is 0 Å². The Morgan fingerprint density at radius 3 is 2.70 bits per heavy atom. The van der Waals surface area contributed by atoms with Gasteiger partial charge in [0.15, 0.2) is 5.82 Å². The molecule has 0 radical (unpaired) electrons. The molecule has 0 unspecified atom stereocenters. The van der Waals surface area contributed by atoms with Gasteiger partial charge in [-0.15, -0.1) is 11.3 Å². The van der Waals surface area contributed by atoms with Crippen LogP contribution in [0.15, 0.2) is 61.1 Å². The van der Waals surface area contributed by atoms with E-state index < -0.39 is 0 Å². The first-order valence-corrected chi connectivity index (χ1v) is 11.4. The monoisotopic (exact) mass is 451 g/mol. The summed E-state index contributed by atoms with van der Waals surface area (Å²) >= 11 is 1.77. The molecule has 8 heteroatoms. The number of aromatic nitrogens is 6. The molecule has 0 aliphatic carbocycles. The molecule has 0 amide bonds. The number of rotatable bonds is 4. The summed E-state index contributed by atoms with van der Waals surface area (Å²) in [6.45, 7) is 2.12. The highest BCUT2D eigenvalue weighted by Gasteiger charge is 2.17. The first kappa shape index (κ1) is 19.6. The fourth-order valence-corrected chi connectivity index (χ4v) is 4.88. The SMILES string of the molecule is Cc1ccc(-c2cccc3[nH]c(-c4n[nH]c5cnc(-c6cncc(N(C)C)c6)cc45)nc23)s1. The predicted molar refractivity (Wildman–Crippen MR) is 135 cm³/mol. The number of hydrogen-bond acceptors (Lipinski definition) is 6. The van der Waals surface area contributed by atoms with Gasteiger partial charge in [-0.1, -0.05) is 12.1 Å². The molecule has 0 fully saturated rings. The van der Waals surface area contributed by atoms with Crippen molar-refractivity contribution in [2.75, 3.05) is 19.0 Å². The van der Waals surface area contributed by atoms with E-state index in [1.807, 2.05) is 43.7 Å². The molecular weight excluding hydrogens is 430 g/mol. The molecule has 0 spiro atoms. The maximum Gasteiger partial charge on any atom is 0.159 e. The Morgan fingerprint density at radius 1 is 0.970 bits per heavy atom. The van der Waals surface area contributed by atoms with Gasteiger partial charge in [0.1, 0.15) is 5.69 Å². The highest BCUT2D eigenvalue weighted by atomic mass is 32.1. The number of fused-ring (bicyclic) bond motifs is 2. The molecule has 0 aliphatic heterocycles. The Kier molecular flexibility index (Phi) is 4.48. The van der Waals surface area contributed by atoms with Crippen molar-refractivity contribution < 1.29 is 0 Å². The van der Waals surface area contributed by atoms with Crippen LogP contribution in [0.5, 0.6) is 0 Å². The Bertz CT molecular complexity index is 1620. The van der Waals surface area contributed by atoms with E-state index in [0.717, 1.165) is 56.0 Å². The molecule has 5 heterocycles. The number of nitrogens with zero attached hydrogens (tertiary/aromatic N) is 5. The zero-order valence-electron chi connectivity index (χ0n) is 18.4. The first-order chi connectivity index (χ1) is 16.1. The van der Waals surface area contributed by atoms with Crippen molar-refractivity contribution >= 4 is 39.0 Å². The van der Waals surface area contributed by atoms with Crippen LogP contribution in [0, 0.1) is 6.92 Å². The second-order valence-electron chi connectivity index (χ2n) is 8.21. The minimum Gasteiger partial charge on any atom is -0.376 e. The maximum absolute atomic E-state index is 4.96. The maximum atomic E-state index is 4.96. The van der Waals surface area contributed by atoms with E-state index in [1.54, 1.807) is 11.3 Å². The van der Waals surface area contributed by atoms with Gasteiger partial charge >= 0.3 is 0 Å². The molecule has 0 atom stereocenters. The number of aryl methyl sites for hydroxylation is 1. The minimum atomic E-state index is 0.731. The number of imidazole rings is 1. The first-order valence-electron chi connectivity index (χ1n) is 10.6. The number of para-hydroxylation sites is 1. The molecule has 7 nitrogen and oxygen atoms in total. The van der Waals surface area contributed by atoms with Gasteiger partial charge in [0.2, 0.25) is 0 Å². The van der Waals surface area contributed by atoms with Crippen molar-refractivity contribution in [1.29, 1.82) is 0 Å². The van der Waals surface area contributed by atoms with Crippen LogP contribution in [0.1, 0.15) is 4.88 Å². The quantitative estimate of drug-likeness (QED) is 0.361. The highest BCUT2D eigenvalue weighted by molar-refractivity contribution is 7.15. The third-order valence-corrected chi connectivity index (χ3v) is 6.76. The second-order valence-corrected chi connectivity index (χ2v) is 9.50. The van der Waals surface area contributed by atoms with Crippen molar-refractivity contribution in [2.45, 2.75) is 6.92 Å². The fraction of sp³-hybridized carbons (Fsp3) is 0.120. The third-order valence-electron chi connectivity index (χ3n) is 5.73. The van der Waals surface area contributed by atoms with Crippen LogP contribution in [0.2, 0.25) is 0 Å². The van der Waals surface area contributed by atoms with Crippen LogP contribution < -0.4 is 4.90 Å². The molecule has 5 aromatic heterocycles. The average molecular weight is 452 g/mol. The van der Waals surface area contributed by atoms with Gasteiger partial charge < -0.3 is 9.88 Å². The summed E-state index contributed by atoms with van der Waals surface area (Å²) in [6.07, 6.45) is 5.48. The van der Waals surface area contributed by atoms with Gasteiger partial charge in [-0.25, -0.2) is 4.98 Å². The number of pyridine rings is 2. The number of hydrogen-bond donors (Lipinski definition) is 2. The van der Waals surface area contributed by atoms with E-state index in [4.69, 9.17) is 4.98 Å². The fourth-order valence-electron chi connectivity index (χ4n) is 3.99. The summed E-state index contributed by atoms with van der Waals surface area (Å²) in [5.74, 6) is 0.731. The van der Waals surface area contributed by atoms with E-state index in [9.17, 15) is 0 Å². The van der Waals surface area contributed by atoms with Crippen LogP contribution in [0.25, 0.3) is 55.2 Å². The third kappa shape index (κ3) is 3.35. The van der Waals surface area contributed by atoms with Gasteiger partial charge in [0.05, 0.1) is 40.3 Å². The molecule has 1 aromatic carbocycles. The zero-order valence-corrected chi connectivity index (χ0v) is 19.2. The van der Waals surface area contributed by atoms with Gasteiger partial charge in [0.25, 0.3) is 0 Å². The summed E-state index contributed by atoms with van der Waals surface area (Å²) in [4.78, 5) is 21.9. The number of benzene rings is 1. The Hall–Kier alpha value is -4.04. The number of thiophene rings is 1. The molecule has 0 bridgehead atoms. The highest BCUT2D eigenvalue weighted by Crippen LogP contribution is 2.35. The van der Waals surface area contributed by atoms with Crippen LogP contribution in [0.3, 0.4) is 0 Å². The zero-order chi connectivity index (χ0) is 22.5. The van der Waals surface area contributed by atoms with Gasteiger partial charge in [0, 0.05) is 46.6 Å². The lowest BCUT2D eigenvalue weighted by molar-refractivity contribution is 1.10. The summed E-state index contributed by atoms with van der Waals surface area (Å²) in [7, 11) is 4.00. The van der Waals surface area contributed by atoms with Crippen molar-refractivity contribution in [3.8, 4) is 33.2 Å². The lowest BCUT2D eigenvalue weighted by Crippen LogP contribution is -2.08. The lowest BCUT2D eigenvalue weighted by Gasteiger charge is -2.12. The van der Waals surface area contributed by atoms with E-state index in [0.29, 0.717) is 0 Å². The molecule has 6 aromatic rings. The second kappa shape index (κ2) is 7.53. The number of anilines is 1. The van der Waals surface area contributed by atoms with Crippen molar-refractivity contribution in [2.24, 2.45) is 0 Å². The lowest BCUT2D eigenvalue weighted by atomic mass is 10.1. The normalized spacial score (nSPS) is 11.5. The average Bonchev–Trinajstić information content (AvgIpc) is 3.55. The van der Waals surface area contributed by atoms with Crippen molar-refractivity contribution in [1.82, 2.24) is 30.1 Å². The molecule has 0 aliphatic rings. The van der Waals surface area contributed by atoms with E-state index >= 15 is 0 Å². The van der Waals surface area contributed by atoms with Crippen LogP contribution >= 0.6 is 11.3 Å². The summed E-state index contributed by atoms with van der Waals surface area (Å²) in [5, 5.41) is 8.62. The largest absolute Gasteiger partial charge is 0.376 e. The molecular formula is C25H21N7S. The summed E-state index contributed by atoms with van der Waals surface area (Å²) in [5.41, 5.74) is 7.51. The van der Waals surface area contributed by atoms with Gasteiger partial charge in [-0.05, 0) is 37.3 Å². The van der Waals surface area contributed by atoms with Crippen LogP contribution in [-0.4, -0.2) is 44.2 Å². The van der Waals surface area contributed by atoms with E-state index in [2.05, 4.69) is 68.5 Å². The van der Waals surface area contributed by atoms with Gasteiger partial charge in [-0.2, -0.15) is 5.10 Å². The molecule has 0 saturated heterocycles. The van der Waals surface area contributed by atoms with E-state index in [1.165, 1.54) is 9.75 Å². The Morgan fingerprint density at radius 2 is 1.88 bits per heavy atom. The number of aromatic amines is 2. The number of nitrogens with one attached hydrogen (secondary N) is 2. The smallest absolute Gasteiger partial charge is 0.159 e. The predicted octanol–water partition coefficient (Wildman–Crippen LogP) is 5.67. The number of H-pyrrole nitrogens is 2. The molecule has 0 saturated carbocycles. The molecule has 33 heavy (non-hydrogen) atoms. The van der Waals surface area contributed by atoms with Crippen LogP contribution in [-0.2, 0) is 0 Å².